The van der Waals surface area contributed by atoms with E-state index in [4.69, 9.17) is 0 Å². The fraction of sp³-hybridized carbons (Fsp3) is 0.500. The molecule has 2 atom stereocenters. The average molecular weight is 351 g/mol. The van der Waals surface area contributed by atoms with E-state index in [9.17, 15) is 9.59 Å². The number of amides is 2. The quantitative estimate of drug-likeness (QED) is 0.822. The van der Waals surface area contributed by atoms with Crippen molar-refractivity contribution in [2.24, 2.45) is 0 Å². The fourth-order valence-corrected chi connectivity index (χ4v) is 3.73. The van der Waals surface area contributed by atoms with E-state index in [1.54, 1.807) is 4.90 Å². The highest BCUT2D eigenvalue weighted by Crippen LogP contribution is 2.29. The van der Waals surface area contributed by atoms with Crippen molar-refractivity contribution in [3.63, 3.8) is 0 Å². The largest absolute Gasteiger partial charge is 0.334 e. The van der Waals surface area contributed by atoms with Crippen molar-refractivity contribution in [1.29, 1.82) is 0 Å². The van der Waals surface area contributed by atoms with Crippen molar-refractivity contribution >= 4 is 27.7 Å². The Morgan fingerprint density at radius 2 is 2.10 bits per heavy atom. The molecule has 5 heteroatoms. The van der Waals surface area contributed by atoms with Crippen LogP contribution in [0.2, 0.25) is 0 Å². The van der Waals surface area contributed by atoms with Crippen molar-refractivity contribution in [3.8, 4) is 0 Å². The van der Waals surface area contributed by atoms with Gasteiger partial charge in [0.15, 0.2) is 0 Å². The maximum absolute atomic E-state index is 12.8. The predicted molar refractivity (Wildman–Crippen MR) is 83.6 cm³/mol. The van der Waals surface area contributed by atoms with Crippen molar-refractivity contribution in [3.05, 3.63) is 34.3 Å². The first-order valence-electron chi connectivity index (χ1n) is 7.43. The van der Waals surface area contributed by atoms with Crippen LogP contribution in [0.4, 0.5) is 0 Å². The minimum atomic E-state index is -0.241. The number of fused-ring (bicyclic) bond motifs is 1. The molecule has 2 amide bonds. The Balaban J connectivity index is 1.87. The van der Waals surface area contributed by atoms with Crippen LogP contribution in [0, 0.1) is 0 Å². The smallest absolute Gasteiger partial charge is 0.245 e. The Labute approximate surface area is 133 Å². The molecule has 2 heterocycles. The molecular formula is C16H19BrN2O2. The van der Waals surface area contributed by atoms with Crippen molar-refractivity contribution in [2.75, 3.05) is 13.1 Å². The first-order chi connectivity index (χ1) is 10.1. The molecule has 0 aromatic heterocycles. The van der Waals surface area contributed by atoms with Gasteiger partial charge in [0.05, 0.1) is 6.04 Å². The summed E-state index contributed by atoms with van der Waals surface area (Å²) in [6.45, 7) is 3.28. The standard InChI is InChI=1S/C16H19BrN2O2/c1-11(12-4-2-5-13(17)10-12)18-9-7-15(20)19-8-3-6-14(19)16(18)21/h2,4-5,10-11,14H,3,6-9H2,1H3. The van der Waals surface area contributed by atoms with E-state index in [0.29, 0.717) is 13.0 Å². The summed E-state index contributed by atoms with van der Waals surface area (Å²) in [5, 5.41) is 0. The van der Waals surface area contributed by atoms with E-state index in [2.05, 4.69) is 15.9 Å². The van der Waals surface area contributed by atoms with Crippen LogP contribution in [0.1, 0.15) is 37.8 Å². The Morgan fingerprint density at radius 1 is 1.29 bits per heavy atom. The second-order valence-electron chi connectivity index (χ2n) is 5.76. The minimum absolute atomic E-state index is 0.0108. The first-order valence-corrected chi connectivity index (χ1v) is 8.22. The monoisotopic (exact) mass is 350 g/mol. The normalized spacial score (nSPS) is 24.0. The number of nitrogens with zero attached hydrogens (tertiary/aromatic N) is 2. The van der Waals surface area contributed by atoms with Gasteiger partial charge in [-0.05, 0) is 37.5 Å². The van der Waals surface area contributed by atoms with Gasteiger partial charge in [0.2, 0.25) is 11.8 Å². The number of hydrogen-bond acceptors (Lipinski definition) is 2. The van der Waals surface area contributed by atoms with Crippen LogP contribution in [0.25, 0.3) is 0 Å². The summed E-state index contributed by atoms with van der Waals surface area (Å²) in [6.07, 6.45) is 2.16. The molecule has 0 spiro atoms. The molecular weight excluding hydrogens is 332 g/mol. The third-order valence-electron chi connectivity index (χ3n) is 4.51. The molecule has 112 valence electrons. The van der Waals surface area contributed by atoms with Crippen LogP contribution in [0.15, 0.2) is 28.7 Å². The lowest BCUT2D eigenvalue weighted by molar-refractivity contribution is -0.140. The summed E-state index contributed by atoms with van der Waals surface area (Å²) in [5.74, 6) is 0.223. The van der Waals surface area contributed by atoms with Gasteiger partial charge in [-0.25, -0.2) is 0 Å². The molecule has 1 aromatic carbocycles. The molecule has 2 fully saturated rings. The molecule has 0 N–H and O–H groups in total. The van der Waals surface area contributed by atoms with E-state index in [1.807, 2.05) is 36.1 Å². The summed E-state index contributed by atoms with van der Waals surface area (Å²) in [4.78, 5) is 28.6. The summed E-state index contributed by atoms with van der Waals surface area (Å²) < 4.78 is 1.01. The zero-order chi connectivity index (χ0) is 15.0. The van der Waals surface area contributed by atoms with Crippen molar-refractivity contribution in [1.82, 2.24) is 9.80 Å². The Bertz CT molecular complexity index is 575. The van der Waals surface area contributed by atoms with Gasteiger partial charge in [0, 0.05) is 24.0 Å². The number of rotatable bonds is 2. The zero-order valence-electron chi connectivity index (χ0n) is 12.1. The highest BCUT2D eigenvalue weighted by molar-refractivity contribution is 9.10. The van der Waals surface area contributed by atoms with Gasteiger partial charge in [0.25, 0.3) is 0 Å². The van der Waals surface area contributed by atoms with E-state index < -0.39 is 0 Å². The van der Waals surface area contributed by atoms with Gasteiger partial charge < -0.3 is 9.80 Å². The molecule has 0 saturated carbocycles. The van der Waals surface area contributed by atoms with Gasteiger partial charge in [-0.15, -0.1) is 0 Å². The predicted octanol–water partition coefficient (Wildman–Crippen LogP) is 2.73. The lowest BCUT2D eigenvalue weighted by atomic mass is 10.1. The van der Waals surface area contributed by atoms with Crippen LogP contribution >= 0.6 is 15.9 Å². The molecule has 1 aromatic rings. The van der Waals surface area contributed by atoms with Crippen LogP contribution in [-0.2, 0) is 9.59 Å². The molecule has 2 aliphatic heterocycles. The van der Waals surface area contributed by atoms with Crippen LogP contribution in [0.5, 0.6) is 0 Å². The highest BCUT2D eigenvalue weighted by Gasteiger charge is 2.40. The number of carbonyl (C=O) groups excluding carboxylic acids is 2. The van der Waals surface area contributed by atoms with E-state index in [0.717, 1.165) is 29.4 Å². The third kappa shape index (κ3) is 2.71. The molecule has 4 nitrogen and oxygen atoms in total. The maximum Gasteiger partial charge on any atom is 0.245 e. The molecule has 3 rings (SSSR count). The zero-order valence-corrected chi connectivity index (χ0v) is 13.7. The van der Waals surface area contributed by atoms with Crippen LogP contribution < -0.4 is 0 Å². The third-order valence-corrected chi connectivity index (χ3v) is 5.00. The Kier molecular flexibility index (Phi) is 4.02. The summed E-state index contributed by atoms with van der Waals surface area (Å²) in [7, 11) is 0. The Hall–Kier alpha value is -1.36. The SMILES string of the molecule is CC(c1cccc(Br)c1)N1CCC(=O)N2CCCC2C1=O. The van der Waals surface area contributed by atoms with Gasteiger partial charge in [0.1, 0.15) is 6.04 Å². The maximum atomic E-state index is 12.8. The average Bonchev–Trinajstić information content (AvgIpc) is 2.92. The summed E-state index contributed by atoms with van der Waals surface area (Å²) in [6, 6.07) is 7.77. The topological polar surface area (TPSA) is 40.6 Å². The van der Waals surface area contributed by atoms with E-state index >= 15 is 0 Å². The van der Waals surface area contributed by atoms with Gasteiger partial charge in [-0.3, -0.25) is 9.59 Å². The lowest BCUT2D eigenvalue weighted by Gasteiger charge is -2.30. The number of carbonyl (C=O) groups is 2. The lowest BCUT2D eigenvalue weighted by Crippen LogP contribution is -2.44. The van der Waals surface area contributed by atoms with Gasteiger partial charge >= 0.3 is 0 Å². The minimum Gasteiger partial charge on any atom is -0.334 e. The first kappa shape index (κ1) is 14.6. The summed E-state index contributed by atoms with van der Waals surface area (Å²) in [5.41, 5.74) is 1.09. The summed E-state index contributed by atoms with van der Waals surface area (Å²) >= 11 is 3.47. The molecule has 0 bridgehead atoms. The van der Waals surface area contributed by atoms with Crippen molar-refractivity contribution in [2.45, 2.75) is 38.3 Å². The van der Waals surface area contributed by atoms with E-state index in [1.165, 1.54) is 0 Å². The number of halogens is 1. The molecule has 2 aliphatic rings. The molecule has 0 radical (unpaired) electrons. The van der Waals surface area contributed by atoms with Gasteiger partial charge in [-0.2, -0.15) is 0 Å². The molecule has 2 unspecified atom stereocenters. The van der Waals surface area contributed by atoms with Crippen LogP contribution in [-0.4, -0.2) is 40.7 Å². The molecule has 2 saturated heterocycles. The Morgan fingerprint density at radius 3 is 2.86 bits per heavy atom. The number of hydrogen-bond donors (Lipinski definition) is 0. The number of benzene rings is 1. The van der Waals surface area contributed by atoms with Crippen LogP contribution in [0.3, 0.4) is 0 Å². The second kappa shape index (κ2) is 5.79. The fourth-order valence-electron chi connectivity index (χ4n) is 3.31. The molecule has 21 heavy (non-hydrogen) atoms. The second-order valence-corrected chi connectivity index (χ2v) is 6.67. The molecule has 0 aliphatic carbocycles. The highest BCUT2D eigenvalue weighted by atomic mass is 79.9. The van der Waals surface area contributed by atoms with E-state index in [-0.39, 0.29) is 23.9 Å². The van der Waals surface area contributed by atoms with Crippen molar-refractivity contribution < 1.29 is 9.59 Å². The van der Waals surface area contributed by atoms with Gasteiger partial charge in [-0.1, -0.05) is 28.1 Å².